The van der Waals surface area contributed by atoms with E-state index in [9.17, 15) is 4.39 Å². The van der Waals surface area contributed by atoms with E-state index in [2.05, 4.69) is 29.8 Å². The summed E-state index contributed by atoms with van der Waals surface area (Å²) in [7, 11) is 0. The molecule has 0 aliphatic carbocycles. The summed E-state index contributed by atoms with van der Waals surface area (Å²) in [4.78, 5) is 0. The van der Waals surface area contributed by atoms with E-state index in [4.69, 9.17) is 5.73 Å². The third kappa shape index (κ3) is 2.55. The van der Waals surface area contributed by atoms with Crippen LogP contribution in [0.2, 0.25) is 0 Å². The lowest BCUT2D eigenvalue weighted by atomic mass is 9.93. The Hall–Kier alpha value is -0.410. The minimum Gasteiger partial charge on any atom is -0.324 e. The summed E-state index contributed by atoms with van der Waals surface area (Å²) in [6.07, 6.45) is 0.990. The lowest BCUT2D eigenvalue weighted by Crippen LogP contribution is -2.19. The van der Waals surface area contributed by atoms with Gasteiger partial charge in [0.2, 0.25) is 0 Å². The van der Waals surface area contributed by atoms with Crippen LogP contribution in [0, 0.1) is 11.7 Å². The Labute approximate surface area is 92.6 Å². The maximum Gasteiger partial charge on any atom is 0.123 e. The van der Waals surface area contributed by atoms with Gasteiger partial charge in [-0.25, -0.2) is 4.39 Å². The van der Waals surface area contributed by atoms with Crippen molar-refractivity contribution in [2.45, 2.75) is 26.3 Å². The van der Waals surface area contributed by atoms with E-state index in [1.54, 1.807) is 6.07 Å². The number of halogens is 2. The maximum absolute atomic E-state index is 13.0. The van der Waals surface area contributed by atoms with Gasteiger partial charge in [-0.15, -0.1) is 0 Å². The van der Waals surface area contributed by atoms with Crippen LogP contribution >= 0.6 is 15.9 Å². The van der Waals surface area contributed by atoms with Gasteiger partial charge in [-0.3, -0.25) is 0 Å². The van der Waals surface area contributed by atoms with Gasteiger partial charge in [0, 0.05) is 10.5 Å². The highest BCUT2D eigenvalue weighted by Gasteiger charge is 2.16. The molecule has 2 N–H and O–H groups in total. The van der Waals surface area contributed by atoms with E-state index in [-0.39, 0.29) is 11.9 Å². The lowest BCUT2D eigenvalue weighted by molar-refractivity contribution is 0.453. The molecule has 0 bridgehead atoms. The zero-order chi connectivity index (χ0) is 10.7. The Morgan fingerprint density at radius 3 is 2.71 bits per heavy atom. The molecule has 0 radical (unpaired) electrons. The Morgan fingerprint density at radius 1 is 1.50 bits per heavy atom. The minimum atomic E-state index is -0.234. The van der Waals surface area contributed by atoms with Crippen LogP contribution in [0.25, 0.3) is 0 Å². The van der Waals surface area contributed by atoms with E-state index < -0.39 is 0 Å². The summed E-state index contributed by atoms with van der Waals surface area (Å²) >= 11 is 3.38. The second kappa shape index (κ2) is 4.89. The van der Waals surface area contributed by atoms with Crippen molar-refractivity contribution in [2.75, 3.05) is 0 Å². The summed E-state index contributed by atoms with van der Waals surface area (Å²) in [6, 6.07) is 4.52. The summed E-state index contributed by atoms with van der Waals surface area (Å²) < 4.78 is 13.9. The molecule has 0 aliphatic heterocycles. The molecule has 0 saturated heterocycles. The van der Waals surface area contributed by atoms with Crippen LogP contribution in [0.15, 0.2) is 22.7 Å². The van der Waals surface area contributed by atoms with Crippen molar-refractivity contribution in [3.8, 4) is 0 Å². The standard InChI is InChI=1S/C11H15BrFN/c1-3-7(2)11(14)9-6-8(13)4-5-10(9)12/h4-7,11H,3,14H2,1-2H3/t7?,11-/m1/s1. The highest BCUT2D eigenvalue weighted by molar-refractivity contribution is 9.10. The summed E-state index contributed by atoms with van der Waals surface area (Å²) in [5.74, 6) is 0.120. The quantitative estimate of drug-likeness (QED) is 0.882. The van der Waals surface area contributed by atoms with Gasteiger partial charge >= 0.3 is 0 Å². The van der Waals surface area contributed by atoms with E-state index >= 15 is 0 Å². The van der Waals surface area contributed by atoms with E-state index in [1.807, 2.05) is 0 Å². The van der Waals surface area contributed by atoms with Gasteiger partial charge in [0.15, 0.2) is 0 Å². The lowest BCUT2D eigenvalue weighted by Gasteiger charge is -2.19. The molecule has 1 rings (SSSR count). The average Bonchev–Trinajstić information content (AvgIpc) is 2.19. The van der Waals surface area contributed by atoms with Crippen molar-refractivity contribution in [1.82, 2.24) is 0 Å². The molecule has 0 aliphatic rings. The Bertz CT molecular complexity index is 314. The van der Waals surface area contributed by atoms with Crippen LogP contribution < -0.4 is 5.73 Å². The first-order valence-electron chi connectivity index (χ1n) is 4.76. The number of hydrogen-bond donors (Lipinski definition) is 1. The molecule has 0 aromatic heterocycles. The number of rotatable bonds is 3. The SMILES string of the molecule is CCC(C)[C@@H](N)c1cc(F)ccc1Br. The van der Waals surface area contributed by atoms with Crippen LogP contribution in [-0.2, 0) is 0 Å². The second-order valence-electron chi connectivity index (χ2n) is 3.58. The number of hydrogen-bond acceptors (Lipinski definition) is 1. The largest absolute Gasteiger partial charge is 0.324 e. The maximum atomic E-state index is 13.0. The van der Waals surface area contributed by atoms with Crippen LogP contribution in [-0.4, -0.2) is 0 Å². The van der Waals surface area contributed by atoms with E-state index in [1.165, 1.54) is 12.1 Å². The zero-order valence-corrected chi connectivity index (χ0v) is 10.0. The molecule has 0 amide bonds. The Morgan fingerprint density at radius 2 is 2.14 bits per heavy atom. The molecule has 0 saturated carbocycles. The summed E-state index contributed by atoms with van der Waals surface area (Å²) in [6.45, 7) is 4.15. The molecule has 0 spiro atoms. The van der Waals surface area contributed by atoms with Crippen LogP contribution in [0.4, 0.5) is 4.39 Å². The fourth-order valence-corrected chi connectivity index (χ4v) is 1.84. The molecular formula is C11H15BrFN. The Balaban J connectivity index is 2.99. The molecule has 0 fully saturated rings. The molecule has 1 aromatic carbocycles. The Kier molecular flexibility index (Phi) is 4.08. The molecule has 78 valence electrons. The van der Waals surface area contributed by atoms with Crippen LogP contribution in [0.1, 0.15) is 31.9 Å². The molecule has 3 heteroatoms. The first-order chi connectivity index (χ1) is 6.56. The van der Waals surface area contributed by atoms with Gasteiger partial charge in [-0.1, -0.05) is 36.2 Å². The van der Waals surface area contributed by atoms with Crippen molar-refractivity contribution >= 4 is 15.9 Å². The third-order valence-corrected chi connectivity index (χ3v) is 3.30. The van der Waals surface area contributed by atoms with Gasteiger partial charge in [-0.2, -0.15) is 0 Å². The fraction of sp³-hybridized carbons (Fsp3) is 0.455. The van der Waals surface area contributed by atoms with Gasteiger partial charge < -0.3 is 5.73 Å². The van der Waals surface area contributed by atoms with E-state index in [0.29, 0.717) is 5.92 Å². The molecule has 0 heterocycles. The number of benzene rings is 1. The minimum absolute atomic E-state index is 0.106. The number of nitrogens with two attached hydrogens (primary N) is 1. The van der Waals surface area contributed by atoms with Crippen molar-refractivity contribution < 1.29 is 4.39 Å². The first kappa shape index (κ1) is 11.7. The van der Waals surface area contributed by atoms with Gasteiger partial charge in [0.1, 0.15) is 5.82 Å². The van der Waals surface area contributed by atoms with Crippen molar-refractivity contribution in [3.05, 3.63) is 34.1 Å². The molecule has 2 atom stereocenters. The first-order valence-corrected chi connectivity index (χ1v) is 5.56. The summed E-state index contributed by atoms with van der Waals surface area (Å²) in [5.41, 5.74) is 6.87. The molecular weight excluding hydrogens is 245 g/mol. The third-order valence-electron chi connectivity index (χ3n) is 2.57. The normalized spacial score (nSPS) is 15.2. The molecule has 1 aromatic rings. The van der Waals surface area contributed by atoms with Crippen molar-refractivity contribution in [1.29, 1.82) is 0 Å². The topological polar surface area (TPSA) is 26.0 Å². The van der Waals surface area contributed by atoms with Gasteiger partial charge in [-0.05, 0) is 29.7 Å². The van der Waals surface area contributed by atoms with Crippen LogP contribution in [0.5, 0.6) is 0 Å². The molecule has 14 heavy (non-hydrogen) atoms. The highest BCUT2D eigenvalue weighted by Crippen LogP contribution is 2.28. The smallest absolute Gasteiger partial charge is 0.123 e. The van der Waals surface area contributed by atoms with Crippen LogP contribution in [0.3, 0.4) is 0 Å². The van der Waals surface area contributed by atoms with Gasteiger partial charge in [0.25, 0.3) is 0 Å². The predicted octanol–water partition coefficient (Wildman–Crippen LogP) is 3.63. The average molecular weight is 260 g/mol. The van der Waals surface area contributed by atoms with Gasteiger partial charge in [0.05, 0.1) is 0 Å². The molecule has 1 unspecified atom stereocenters. The predicted molar refractivity (Wildman–Crippen MR) is 60.5 cm³/mol. The monoisotopic (exact) mass is 259 g/mol. The zero-order valence-electron chi connectivity index (χ0n) is 8.43. The van der Waals surface area contributed by atoms with Crippen molar-refractivity contribution in [2.24, 2.45) is 11.7 Å². The highest BCUT2D eigenvalue weighted by atomic mass is 79.9. The second-order valence-corrected chi connectivity index (χ2v) is 4.43. The molecule has 1 nitrogen and oxygen atoms in total. The summed E-state index contributed by atoms with van der Waals surface area (Å²) in [5, 5.41) is 0. The van der Waals surface area contributed by atoms with E-state index in [0.717, 1.165) is 16.5 Å². The van der Waals surface area contributed by atoms with Crippen molar-refractivity contribution in [3.63, 3.8) is 0 Å². The fourth-order valence-electron chi connectivity index (χ4n) is 1.33.